The van der Waals surface area contributed by atoms with Gasteiger partial charge in [0, 0.05) is 44.2 Å². The van der Waals surface area contributed by atoms with Crippen molar-refractivity contribution in [2.45, 2.75) is 52.4 Å². The van der Waals surface area contributed by atoms with Crippen LogP contribution in [-0.4, -0.2) is 20.1 Å². The predicted molar refractivity (Wildman–Crippen MR) is 159 cm³/mol. The molecule has 0 fully saturated rings. The average molecular weight is 726 g/mol. The summed E-state index contributed by atoms with van der Waals surface area (Å²) in [6.07, 6.45) is 3.05. The summed E-state index contributed by atoms with van der Waals surface area (Å²) in [6, 6.07) is 26.3. The molecule has 5 rings (SSSR count). The molecule has 0 unspecified atom stereocenters. The molecule has 5 aromatic rings. The second-order valence-electron chi connectivity index (χ2n) is 12.1. The minimum Gasteiger partial charge on any atom is -0.507 e. The number of pyridine rings is 3. The van der Waals surface area contributed by atoms with Crippen LogP contribution in [0.2, 0.25) is 0 Å². The fourth-order valence-electron chi connectivity index (χ4n) is 4.54. The van der Waals surface area contributed by atoms with Crippen LogP contribution in [0.15, 0.2) is 85.2 Å². The number of aromatic hydroxyl groups is 1. The summed E-state index contributed by atoms with van der Waals surface area (Å²) in [6.45, 7) is 13.3. The van der Waals surface area contributed by atoms with Crippen molar-refractivity contribution in [2.75, 3.05) is 0 Å². The Morgan fingerprint density at radius 1 is 0.707 bits per heavy atom. The van der Waals surface area contributed by atoms with Crippen LogP contribution in [0, 0.1) is 12.0 Å². The standard InChI is InChI=1S/C35H33FN3O.Pt/c1-34(2,3)25-15-22(16-26(20-25)35(4,5)6)23-18-30(39-31(19-23)27-11-7-8-13-32(27)40)24-17-28(33(36)38-21-24)29-12-9-10-14-37-29;/h7-16,18-21,40H,1-6H3;/q-1;. The molecule has 6 heteroatoms. The van der Waals surface area contributed by atoms with Crippen LogP contribution in [0.4, 0.5) is 4.39 Å². The van der Waals surface area contributed by atoms with Crippen LogP contribution < -0.4 is 0 Å². The molecular weight excluding hydrogens is 692 g/mol. The number of rotatable bonds is 4. The van der Waals surface area contributed by atoms with Crippen molar-refractivity contribution in [2.24, 2.45) is 0 Å². The summed E-state index contributed by atoms with van der Waals surface area (Å²) in [5.74, 6) is -0.514. The van der Waals surface area contributed by atoms with E-state index in [9.17, 15) is 9.50 Å². The summed E-state index contributed by atoms with van der Waals surface area (Å²) in [5.41, 5.74) is 7.23. The number of phenols is 1. The van der Waals surface area contributed by atoms with Gasteiger partial charge in [0.2, 0.25) is 0 Å². The number of benzene rings is 2. The van der Waals surface area contributed by atoms with E-state index >= 15 is 0 Å². The number of hydrogen-bond donors (Lipinski definition) is 1. The summed E-state index contributed by atoms with van der Waals surface area (Å²) in [4.78, 5) is 13.2. The normalized spacial score (nSPS) is 11.7. The first-order chi connectivity index (χ1) is 18.9. The van der Waals surface area contributed by atoms with Crippen molar-refractivity contribution in [3.63, 3.8) is 0 Å². The molecule has 0 amide bonds. The number of phenolic OH excluding ortho intramolecular Hbond substituents is 1. The van der Waals surface area contributed by atoms with Crippen molar-refractivity contribution in [3.8, 4) is 50.6 Å². The van der Waals surface area contributed by atoms with Crippen molar-refractivity contribution < 1.29 is 30.6 Å². The molecule has 1 N–H and O–H groups in total. The van der Waals surface area contributed by atoms with Crippen LogP contribution >= 0.6 is 0 Å². The molecule has 0 spiro atoms. The van der Waals surface area contributed by atoms with Gasteiger partial charge >= 0.3 is 0 Å². The largest absolute Gasteiger partial charge is 0.507 e. The summed E-state index contributed by atoms with van der Waals surface area (Å²) in [5, 5.41) is 10.7. The molecule has 0 bridgehead atoms. The number of halogens is 1. The van der Waals surface area contributed by atoms with E-state index in [2.05, 4.69) is 75.8 Å². The molecule has 212 valence electrons. The molecule has 0 saturated carbocycles. The van der Waals surface area contributed by atoms with Gasteiger partial charge in [-0.15, -0.1) is 6.07 Å². The fourth-order valence-corrected chi connectivity index (χ4v) is 4.54. The number of para-hydroxylation sites is 1. The smallest absolute Gasteiger partial charge is 0.145 e. The zero-order valence-corrected chi connectivity index (χ0v) is 26.3. The summed E-state index contributed by atoms with van der Waals surface area (Å²) < 4.78 is 14.8. The minimum absolute atomic E-state index is 0. The van der Waals surface area contributed by atoms with Gasteiger partial charge in [-0.05, 0) is 69.1 Å². The van der Waals surface area contributed by atoms with E-state index in [1.54, 1.807) is 36.5 Å². The quantitative estimate of drug-likeness (QED) is 0.149. The van der Waals surface area contributed by atoms with Crippen LogP contribution in [0.3, 0.4) is 0 Å². The Morgan fingerprint density at radius 3 is 1.93 bits per heavy atom. The first-order valence-electron chi connectivity index (χ1n) is 13.4. The van der Waals surface area contributed by atoms with Gasteiger partial charge < -0.3 is 10.1 Å². The molecular formula is C35H33FN3OPt-. The molecule has 41 heavy (non-hydrogen) atoms. The Kier molecular flexibility index (Phi) is 8.61. The minimum atomic E-state index is -0.646. The van der Waals surface area contributed by atoms with Crippen molar-refractivity contribution >= 4 is 0 Å². The SMILES string of the molecule is CC(C)(C)c1cc(-c2cc(-c3[c-]c(-c4ccccn4)c(F)nc3)nc(-c3ccccc3O)c2)cc(C(C)(C)C)c1.[Pt]. The average Bonchev–Trinajstić information content (AvgIpc) is 2.92. The number of nitrogens with zero attached hydrogens (tertiary/aromatic N) is 3. The zero-order chi connectivity index (χ0) is 28.7. The maximum absolute atomic E-state index is 14.8. The molecule has 2 aromatic carbocycles. The van der Waals surface area contributed by atoms with E-state index in [1.807, 2.05) is 24.3 Å². The number of aromatic nitrogens is 3. The third-order valence-electron chi connectivity index (χ3n) is 6.97. The van der Waals surface area contributed by atoms with Gasteiger partial charge in [0.25, 0.3) is 0 Å². The Labute approximate surface area is 256 Å². The maximum atomic E-state index is 14.8. The van der Waals surface area contributed by atoms with Crippen molar-refractivity contribution in [3.05, 3.63) is 108 Å². The zero-order valence-electron chi connectivity index (χ0n) is 24.1. The maximum Gasteiger partial charge on any atom is 0.145 e. The Morgan fingerprint density at radius 2 is 1.32 bits per heavy atom. The van der Waals surface area contributed by atoms with E-state index in [-0.39, 0.29) is 43.2 Å². The Balaban J connectivity index is 0.00000387. The molecule has 0 radical (unpaired) electrons. The second kappa shape index (κ2) is 11.7. The molecule has 3 aromatic heterocycles. The third kappa shape index (κ3) is 6.63. The summed E-state index contributed by atoms with van der Waals surface area (Å²) in [7, 11) is 0. The second-order valence-corrected chi connectivity index (χ2v) is 12.1. The van der Waals surface area contributed by atoms with E-state index < -0.39 is 5.95 Å². The van der Waals surface area contributed by atoms with Gasteiger partial charge in [-0.25, -0.2) is 4.39 Å². The monoisotopic (exact) mass is 725 g/mol. The first kappa shape index (κ1) is 30.3. The molecule has 0 atom stereocenters. The van der Waals surface area contributed by atoms with Crippen molar-refractivity contribution in [1.82, 2.24) is 15.0 Å². The fraction of sp³-hybridized carbons (Fsp3) is 0.229. The van der Waals surface area contributed by atoms with E-state index in [4.69, 9.17) is 4.98 Å². The van der Waals surface area contributed by atoms with Crippen LogP contribution in [0.25, 0.3) is 44.9 Å². The molecule has 0 aliphatic carbocycles. The van der Waals surface area contributed by atoms with Gasteiger partial charge in [0.05, 0.1) is 5.69 Å². The Hall–Kier alpha value is -3.69. The van der Waals surface area contributed by atoms with Gasteiger partial charge in [-0.1, -0.05) is 95.6 Å². The first-order valence-corrected chi connectivity index (χ1v) is 13.4. The topological polar surface area (TPSA) is 58.9 Å². The summed E-state index contributed by atoms with van der Waals surface area (Å²) >= 11 is 0. The van der Waals surface area contributed by atoms with Gasteiger partial charge in [0.1, 0.15) is 11.7 Å². The van der Waals surface area contributed by atoms with Crippen LogP contribution in [0.5, 0.6) is 5.75 Å². The van der Waals surface area contributed by atoms with E-state index in [0.29, 0.717) is 28.2 Å². The molecule has 3 heterocycles. The Bertz CT molecular complexity index is 1660. The van der Waals surface area contributed by atoms with E-state index in [0.717, 1.165) is 11.1 Å². The number of hydrogen-bond acceptors (Lipinski definition) is 4. The van der Waals surface area contributed by atoms with Gasteiger partial charge in [-0.3, -0.25) is 9.97 Å². The van der Waals surface area contributed by atoms with Gasteiger partial charge in [0.15, 0.2) is 0 Å². The predicted octanol–water partition coefficient (Wildman–Crippen LogP) is 8.78. The molecule has 4 nitrogen and oxygen atoms in total. The van der Waals surface area contributed by atoms with Crippen LogP contribution in [0.1, 0.15) is 52.7 Å². The molecule has 0 aliphatic rings. The van der Waals surface area contributed by atoms with E-state index in [1.165, 1.54) is 17.3 Å². The van der Waals surface area contributed by atoms with Gasteiger partial charge in [-0.2, -0.15) is 0 Å². The third-order valence-corrected chi connectivity index (χ3v) is 6.97. The molecule has 0 aliphatic heterocycles. The molecule has 0 saturated heterocycles. The van der Waals surface area contributed by atoms with Crippen LogP contribution in [-0.2, 0) is 31.9 Å². The van der Waals surface area contributed by atoms with Crippen molar-refractivity contribution in [1.29, 1.82) is 0 Å².